The van der Waals surface area contributed by atoms with Gasteiger partial charge < -0.3 is 20.0 Å². The van der Waals surface area contributed by atoms with E-state index in [1.54, 1.807) is 13.0 Å². The molecule has 2 amide bonds. The maximum absolute atomic E-state index is 13.8. The maximum atomic E-state index is 13.8. The van der Waals surface area contributed by atoms with Crippen LogP contribution < -0.4 is 15.6 Å². The van der Waals surface area contributed by atoms with Crippen LogP contribution in [0.15, 0.2) is 35.1 Å². The molecule has 1 aromatic carbocycles. The Morgan fingerprint density at radius 2 is 1.92 bits per heavy atom. The average Bonchev–Trinajstić information content (AvgIpc) is 3.51. The molecule has 2 aliphatic rings. The van der Waals surface area contributed by atoms with Gasteiger partial charge in [0.15, 0.2) is 5.65 Å². The molecule has 0 aliphatic carbocycles. The monoisotopic (exact) mass is 566 g/mol. The van der Waals surface area contributed by atoms with Gasteiger partial charge in [-0.2, -0.15) is 0 Å². The lowest BCUT2D eigenvalue weighted by Crippen LogP contribution is -2.48. The maximum Gasteiger partial charge on any atom is 0.258 e. The van der Waals surface area contributed by atoms with Gasteiger partial charge in [0.25, 0.3) is 5.91 Å². The van der Waals surface area contributed by atoms with E-state index in [2.05, 4.69) is 22.2 Å². The first-order valence-corrected chi connectivity index (χ1v) is 14.6. The minimum atomic E-state index is -0.359. The van der Waals surface area contributed by atoms with E-state index in [-0.39, 0.29) is 22.8 Å². The summed E-state index contributed by atoms with van der Waals surface area (Å²) in [5.74, 6) is 0.442. The smallest absolute Gasteiger partial charge is 0.258 e. The number of nitrogens with one attached hydrogen (secondary N) is 1. The number of aromatic nitrogens is 2. The zero-order valence-electron chi connectivity index (χ0n) is 22.1. The number of carbonyl (C=O) groups is 2. The molecule has 5 heterocycles. The fourth-order valence-electron chi connectivity index (χ4n) is 5.81. The predicted molar refractivity (Wildman–Crippen MR) is 156 cm³/mol. The highest BCUT2D eigenvalue weighted by Gasteiger charge is 2.26. The van der Waals surface area contributed by atoms with E-state index in [9.17, 15) is 14.4 Å². The summed E-state index contributed by atoms with van der Waals surface area (Å²) in [7, 11) is 2.12. The van der Waals surface area contributed by atoms with Crippen LogP contribution in [0.2, 0.25) is 5.02 Å². The van der Waals surface area contributed by atoms with Gasteiger partial charge in [0.1, 0.15) is 16.2 Å². The molecule has 11 heteroatoms. The molecule has 2 fully saturated rings. The molecule has 0 radical (unpaired) electrons. The fraction of sp³-hybridized carbons (Fsp3) is 0.429. The SMILES string of the molecule is CC(=O)N1CCN(c2ccc3c(=O)c(C(=O)NCCC4CCCN4C)c4sc5ccc(Cl)cc5n4c3n2)CC1. The fourth-order valence-corrected chi connectivity index (χ4v) is 7.14. The zero-order chi connectivity index (χ0) is 27.3. The molecule has 2 aliphatic heterocycles. The number of piperazine rings is 1. The Hall–Kier alpha value is -3.21. The molecule has 9 nitrogen and oxygen atoms in total. The third kappa shape index (κ3) is 4.74. The lowest BCUT2D eigenvalue weighted by atomic mass is 10.1. The van der Waals surface area contributed by atoms with Gasteiger partial charge >= 0.3 is 0 Å². The van der Waals surface area contributed by atoms with Gasteiger partial charge in [-0.15, -0.1) is 11.3 Å². The first-order valence-electron chi connectivity index (χ1n) is 13.4. The quantitative estimate of drug-likeness (QED) is 0.397. The molecular weight excluding hydrogens is 536 g/mol. The van der Waals surface area contributed by atoms with Crippen molar-refractivity contribution >= 4 is 66.7 Å². The normalized spacial score (nSPS) is 18.5. The molecule has 1 atom stereocenters. The van der Waals surface area contributed by atoms with Crippen molar-refractivity contribution in [3.05, 3.63) is 51.1 Å². The number of hydrogen-bond acceptors (Lipinski definition) is 7. The number of halogens is 1. The number of anilines is 1. The largest absolute Gasteiger partial charge is 0.353 e. The lowest BCUT2D eigenvalue weighted by Gasteiger charge is -2.35. The zero-order valence-corrected chi connectivity index (χ0v) is 23.6. The highest BCUT2D eigenvalue weighted by molar-refractivity contribution is 7.24. The Morgan fingerprint density at radius 3 is 2.64 bits per heavy atom. The number of rotatable bonds is 5. The van der Waals surface area contributed by atoms with Crippen molar-refractivity contribution in [3.63, 3.8) is 0 Å². The van der Waals surface area contributed by atoms with Crippen LogP contribution in [-0.4, -0.2) is 83.4 Å². The molecule has 6 rings (SSSR count). The lowest BCUT2D eigenvalue weighted by molar-refractivity contribution is -0.129. The Bertz CT molecular complexity index is 1660. The number of hydrogen-bond donors (Lipinski definition) is 1. The number of nitrogens with zero attached hydrogens (tertiary/aromatic N) is 5. The Labute approximate surface area is 234 Å². The van der Waals surface area contributed by atoms with E-state index in [1.165, 1.54) is 17.8 Å². The molecule has 3 aromatic heterocycles. The van der Waals surface area contributed by atoms with Gasteiger partial charge in [-0.1, -0.05) is 11.6 Å². The summed E-state index contributed by atoms with van der Waals surface area (Å²) in [6.07, 6.45) is 3.15. The molecule has 204 valence electrons. The summed E-state index contributed by atoms with van der Waals surface area (Å²) >= 11 is 7.78. The summed E-state index contributed by atoms with van der Waals surface area (Å²) in [4.78, 5) is 50.9. The van der Waals surface area contributed by atoms with Crippen molar-refractivity contribution in [1.82, 2.24) is 24.5 Å². The van der Waals surface area contributed by atoms with Crippen LogP contribution in [0.4, 0.5) is 5.82 Å². The molecule has 0 spiro atoms. The van der Waals surface area contributed by atoms with Crippen molar-refractivity contribution in [2.75, 3.05) is 51.2 Å². The van der Waals surface area contributed by atoms with Gasteiger partial charge in [0.05, 0.1) is 15.6 Å². The van der Waals surface area contributed by atoms with Crippen LogP contribution in [0.1, 0.15) is 36.5 Å². The molecule has 1 N–H and O–H groups in total. The topological polar surface area (TPSA) is 90.3 Å². The summed E-state index contributed by atoms with van der Waals surface area (Å²) in [5, 5.41) is 3.97. The second-order valence-electron chi connectivity index (χ2n) is 10.4. The number of fused-ring (bicyclic) bond motifs is 5. The Morgan fingerprint density at radius 1 is 1.13 bits per heavy atom. The number of likely N-dealkylation sites (tertiary alicyclic amines) is 1. The number of pyridine rings is 2. The minimum absolute atomic E-state index is 0.0667. The van der Waals surface area contributed by atoms with Crippen LogP contribution in [0.25, 0.3) is 26.1 Å². The molecule has 2 saturated heterocycles. The van der Waals surface area contributed by atoms with Crippen molar-refractivity contribution in [3.8, 4) is 0 Å². The van der Waals surface area contributed by atoms with Gasteiger partial charge in [0.2, 0.25) is 11.3 Å². The van der Waals surface area contributed by atoms with E-state index < -0.39 is 0 Å². The van der Waals surface area contributed by atoms with Crippen LogP contribution in [-0.2, 0) is 4.79 Å². The summed E-state index contributed by atoms with van der Waals surface area (Å²) in [5.41, 5.74) is 1.13. The third-order valence-corrected chi connectivity index (χ3v) is 9.42. The van der Waals surface area contributed by atoms with Crippen LogP contribution in [0, 0.1) is 0 Å². The second kappa shape index (κ2) is 10.4. The molecule has 0 saturated carbocycles. The minimum Gasteiger partial charge on any atom is -0.353 e. The summed E-state index contributed by atoms with van der Waals surface area (Å²) in [6, 6.07) is 9.62. The molecule has 39 heavy (non-hydrogen) atoms. The highest BCUT2D eigenvalue weighted by atomic mass is 35.5. The van der Waals surface area contributed by atoms with E-state index in [0.717, 1.165) is 35.4 Å². The van der Waals surface area contributed by atoms with E-state index in [0.29, 0.717) is 59.7 Å². The van der Waals surface area contributed by atoms with E-state index in [4.69, 9.17) is 16.6 Å². The van der Waals surface area contributed by atoms with Crippen molar-refractivity contribution in [2.45, 2.75) is 32.2 Å². The van der Waals surface area contributed by atoms with Gasteiger partial charge in [-0.25, -0.2) is 4.98 Å². The van der Waals surface area contributed by atoms with Crippen molar-refractivity contribution in [2.24, 2.45) is 0 Å². The molecule has 4 aromatic rings. The molecule has 0 bridgehead atoms. The number of benzene rings is 1. The summed E-state index contributed by atoms with van der Waals surface area (Å²) in [6.45, 7) is 5.73. The first kappa shape index (κ1) is 26.0. The summed E-state index contributed by atoms with van der Waals surface area (Å²) < 4.78 is 2.81. The van der Waals surface area contributed by atoms with E-state index in [1.807, 2.05) is 33.6 Å². The van der Waals surface area contributed by atoms with Crippen molar-refractivity contribution in [1.29, 1.82) is 0 Å². The third-order valence-electron chi connectivity index (χ3n) is 8.04. The first-order chi connectivity index (χ1) is 18.8. The Balaban J connectivity index is 1.42. The second-order valence-corrected chi connectivity index (χ2v) is 11.9. The van der Waals surface area contributed by atoms with Crippen LogP contribution >= 0.6 is 22.9 Å². The predicted octanol–water partition coefficient (Wildman–Crippen LogP) is 3.60. The van der Waals surface area contributed by atoms with E-state index >= 15 is 0 Å². The highest BCUT2D eigenvalue weighted by Crippen LogP contribution is 2.33. The van der Waals surface area contributed by atoms with Crippen molar-refractivity contribution < 1.29 is 9.59 Å². The number of thiazole rings is 1. The standard InChI is InChI=1S/C28H31ClN6O3S/c1-17(36)33-12-14-34(15-13-33)23-8-6-20-25(37)24(27(38)30-10-9-19-4-3-11-32(19)2)28-35(26(20)31-23)21-16-18(29)5-7-22(21)39-28/h5-8,16,19H,3-4,9-15H2,1-2H3,(H,30,38). The average molecular weight is 567 g/mol. The van der Waals surface area contributed by atoms with Crippen LogP contribution in [0.5, 0.6) is 0 Å². The van der Waals surface area contributed by atoms with Gasteiger partial charge in [-0.3, -0.25) is 18.8 Å². The van der Waals surface area contributed by atoms with Gasteiger partial charge in [0, 0.05) is 50.7 Å². The number of carbonyl (C=O) groups excluding carboxylic acids is 2. The van der Waals surface area contributed by atoms with Gasteiger partial charge in [-0.05, 0) is 63.2 Å². The molecule has 1 unspecified atom stereocenters. The van der Waals surface area contributed by atoms with Crippen LogP contribution in [0.3, 0.4) is 0 Å². The molecular formula is C28H31ClN6O3S. The Kier molecular flexibility index (Phi) is 6.95. The number of amides is 2.